The van der Waals surface area contributed by atoms with Crippen molar-refractivity contribution in [3.63, 3.8) is 0 Å². The number of aliphatic hydroxyl groups is 1. The van der Waals surface area contributed by atoms with Crippen molar-refractivity contribution >= 4 is 12.4 Å². The summed E-state index contributed by atoms with van der Waals surface area (Å²) in [7, 11) is 0. The van der Waals surface area contributed by atoms with Gasteiger partial charge in [0.15, 0.2) is 0 Å². The van der Waals surface area contributed by atoms with Crippen molar-refractivity contribution in [2.45, 2.75) is 19.8 Å². The number of aliphatic hydroxyl groups excluding tert-OH is 1. The number of unbranched alkanes of at least 4 members (excludes halogenated alkanes) is 1. The molecule has 0 spiro atoms. The van der Waals surface area contributed by atoms with Crippen LogP contribution in [0.5, 0.6) is 0 Å². The molecular weight excluding hydrogens is 158 g/mol. The third-order valence-electron chi connectivity index (χ3n) is 0.512. The zero-order valence-corrected chi connectivity index (χ0v) is 6.10. The Hall–Kier alpha value is 0.744. The summed E-state index contributed by atoms with van der Waals surface area (Å²) in [4.78, 5) is 0. The number of hydrogen-bond acceptors (Lipinski definition) is 1. The third-order valence-corrected chi connectivity index (χ3v) is 0.512. The minimum Gasteiger partial charge on any atom is -0.396 e. The maximum absolute atomic E-state index is 8.07. The van der Waals surface area contributed by atoms with E-state index in [1.165, 1.54) is 0 Å². The molecule has 0 saturated carbocycles. The average Bonchev–Trinajstić information content (AvgIpc) is 1.41. The molecule has 3 heteroatoms. The van der Waals surface area contributed by atoms with Gasteiger partial charge in [0.1, 0.15) is 0 Å². The van der Waals surface area contributed by atoms with Gasteiger partial charge < -0.3 is 5.11 Å². The second kappa shape index (κ2) is 15.9. The van der Waals surface area contributed by atoms with Gasteiger partial charge in [0, 0.05) is 23.1 Å². The topological polar surface area (TPSA) is 20.2 Å². The van der Waals surface area contributed by atoms with Crippen LogP contribution in [0, 0.1) is 0 Å². The van der Waals surface area contributed by atoms with Crippen molar-refractivity contribution < 1.29 is 21.6 Å². The van der Waals surface area contributed by atoms with Crippen LogP contribution in [0.2, 0.25) is 0 Å². The maximum atomic E-state index is 8.07. The zero-order chi connectivity index (χ0) is 4.12. The summed E-state index contributed by atoms with van der Waals surface area (Å²) in [6.45, 7) is 2.40. The first kappa shape index (κ1) is 15.6. The van der Waals surface area contributed by atoms with E-state index >= 15 is 0 Å². The molecular formula is C4H11ClNiO. The van der Waals surface area contributed by atoms with E-state index < -0.39 is 0 Å². The van der Waals surface area contributed by atoms with Gasteiger partial charge in [0.2, 0.25) is 0 Å². The summed E-state index contributed by atoms with van der Waals surface area (Å²) < 4.78 is 0. The Labute approximate surface area is 60.8 Å². The fourth-order valence-corrected chi connectivity index (χ4v) is 0.158. The van der Waals surface area contributed by atoms with E-state index in [9.17, 15) is 0 Å². The molecule has 7 heavy (non-hydrogen) atoms. The number of halogens is 1. The first-order valence-electron chi connectivity index (χ1n) is 2.02. The summed E-state index contributed by atoms with van der Waals surface area (Å²) in [5.41, 5.74) is 0. The molecule has 0 amide bonds. The molecule has 0 aliphatic heterocycles. The Morgan fingerprint density at radius 1 is 1.43 bits per heavy atom. The molecule has 0 aromatic rings. The molecule has 0 fully saturated rings. The van der Waals surface area contributed by atoms with Crippen LogP contribution >= 0.6 is 12.4 Å². The Bertz CT molecular complexity index is 19.2. The van der Waals surface area contributed by atoms with Gasteiger partial charge in [-0.05, 0) is 6.42 Å². The summed E-state index contributed by atoms with van der Waals surface area (Å²) in [6, 6.07) is 0. The number of rotatable bonds is 2. The second-order valence-electron chi connectivity index (χ2n) is 1.08. The molecule has 50 valence electrons. The standard InChI is InChI=1S/C4H10O.ClH.Ni/c1-2-3-4-5;;/h5H,2-4H2,1H3;1H;. The van der Waals surface area contributed by atoms with Crippen LogP contribution in [-0.2, 0) is 16.5 Å². The maximum Gasteiger partial charge on any atom is 0.0430 e. The Kier molecular flexibility index (Phi) is 35.5. The molecule has 0 atom stereocenters. The summed E-state index contributed by atoms with van der Waals surface area (Å²) >= 11 is 0. The van der Waals surface area contributed by atoms with Crippen LogP contribution in [0.4, 0.5) is 0 Å². The molecule has 0 heterocycles. The van der Waals surface area contributed by atoms with Gasteiger partial charge in [0.05, 0.1) is 0 Å². The first-order chi connectivity index (χ1) is 2.41. The van der Waals surface area contributed by atoms with Gasteiger partial charge in [-0.15, -0.1) is 12.4 Å². The van der Waals surface area contributed by atoms with E-state index in [0.29, 0.717) is 6.61 Å². The zero-order valence-electron chi connectivity index (χ0n) is 4.29. The average molecular weight is 169 g/mol. The molecule has 1 nitrogen and oxygen atoms in total. The monoisotopic (exact) mass is 168 g/mol. The Morgan fingerprint density at radius 3 is 1.86 bits per heavy atom. The van der Waals surface area contributed by atoms with Crippen LogP contribution in [0.15, 0.2) is 0 Å². The molecule has 0 aliphatic carbocycles. The second-order valence-corrected chi connectivity index (χ2v) is 1.08. The van der Waals surface area contributed by atoms with Crippen molar-refractivity contribution in [2.24, 2.45) is 0 Å². The van der Waals surface area contributed by atoms with E-state index in [1.807, 2.05) is 0 Å². The minimum absolute atomic E-state index is 0. The SMILES string of the molecule is CCCCO.Cl.[Ni]. The van der Waals surface area contributed by atoms with Gasteiger partial charge in [-0.1, -0.05) is 13.3 Å². The summed E-state index contributed by atoms with van der Waals surface area (Å²) in [5.74, 6) is 0. The van der Waals surface area contributed by atoms with E-state index in [-0.39, 0.29) is 28.9 Å². The van der Waals surface area contributed by atoms with Crippen molar-refractivity contribution in [1.82, 2.24) is 0 Å². The predicted octanol–water partition coefficient (Wildman–Crippen LogP) is 1.20. The van der Waals surface area contributed by atoms with Gasteiger partial charge in [0.25, 0.3) is 0 Å². The molecule has 0 aromatic heterocycles. The summed E-state index contributed by atoms with van der Waals surface area (Å²) in [5, 5.41) is 8.07. The van der Waals surface area contributed by atoms with Gasteiger partial charge in [-0.25, -0.2) is 0 Å². The smallest absolute Gasteiger partial charge is 0.0430 e. The molecule has 0 unspecified atom stereocenters. The van der Waals surface area contributed by atoms with Crippen LogP contribution in [-0.4, -0.2) is 11.7 Å². The number of hydrogen-bond donors (Lipinski definition) is 1. The largest absolute Gasteiger partial charge is 0.396 e. The Balaban J connectivity index is -0.0000000800. The van der Waals surface area contributed by atoms with Crippen molar-refractivity contribution in [3.8, 4) is 0 Å². The van der Waals surface area contributed by atoms with E-state index in [0.717, 1.165) is 12.8 Å². The molecule has 0 aromatic carbocycles. The Morgan fingerprint density at radius 2 is 1.86 bits per heavy atom. The van der Waals surface area contributed by atoms with Gasteiger partial charge in [-0.2, -0.15) is 0 Å². The van der Waals surface area contributed by atoms with E-state index in [2.05, 4.69) is 6.92 Å². The molecule has 0 radical (unpaired) electrons. The molecule has 0 aliphatic rings. The van der Waals surface area contributed by atoms with Crippen molar-refractivity contribution in [1.29, 1.82) is 0 Å². The minimum atomic E-state index is 0. The van der Waals surface area contributed by atoms with Crippen molar-refractivity contribution in [2.75, 3.05) is 6.61 Å². The van der Waals surface area contributed by atoms with Crippen LogP contribution in [0.1, 0.15) is 19.8 Å². The van der Waals surface area contributed by atoms with Gasteiger partial charge >= 0.3 is 0 Å². The first-order valence-corrected chi connectivity index (χ1v) is 2.02. The fraction of sp³-hybridized carbons (Fsp3) is 1.00. The van der Waals surface area contributed by atoms with Crippen molar-refractivity contribution in [3.05, 3.63) is 0 Å². The van der Waals surface area contributed by atoms with Crippen LogP contribution < -0.4 is 0 Å². The normalized spacial score (nSPS) is 6.00. The van der Waals surface area contributed by atoms with Crippen LogP contribution in [0.3, 0.4) is 0 Å². The van der Waals surface area contributed by atoms with E-state index in [4.69, 9.17) is 5.11 Å². The molecule has 0 rings (SSSR count). The quantitative estimate of drug-likeness (QED) is 0.616. The summed E-state index contributed by atoms with van der Waals surface area (Å²) in [6.07, 6.45) is 2.04. The van der Waals surface area contributed by atoms with E-state index in [1.54, 1.807) is 0 Å². The van der Waals surface area contributed by atoms with Gasteiger partial charge in [-0.3, -0.25) is 0 Å². The predicted molar refractivity (Wildman–Crippen MR) is 29.2 cm³/mol. The third kappa shape index (κ3) is 20.2. The molecule has 1 N–H and O–H groups in total. The van der Waals surface area contributed by atoms with Crippen LogP contribution in [0.25, 0.3) is 0 Å². The fourth-order valence-electron chi connectivity index (χ4n) is 0.158. The molecule has 0 bridgehead atoms. The molecule has 0 saturated heterocycles.